The minimum Gasteiger partial charge on any atom is -0.293 e. The lowest BCUT2D eigenvalue weighted by Crippen LogP contribution is -2.04. The first-order valence-corrected chi connectivity index (χ1v) is 10.6. The monoisotopic (exact) mass is 420 g/mol. The largest absolute Gasteiger partial charge is 0.293 e. The molecule has 32 heavy (non-hydrogen) atoms. The summed E-state index contributed by atoms with van der Waals surface area (Å²) in [5, 5.41) is 0. The lowest BCUT2D eigenvalue weighted by atomic mass is 10.1. The van der Waals surface area contributed by atoms with Crippen LogP contribution in [-0.4, -0.2) is 37.7 Å². The van der Waals surface area contributed by atoms with Crippen molar-refractivity contribution in [2.45, 2.75) is 20.8 Å². The molecule has 4 aromatic rings. The summed E-state index contributed by atoms with van der Waals surface area (Å²) in [5.41, 5.74) is 5.39. The van der Waals surface area contributed by atoms with Crippen LogP contribution < -0.4 is 0 Å². The van der Waals surface area contributed by atoms with Gasteiger partial charge in [0.2, 0.25) is 0 Å². The second-order valence-corrected chi connectivity index (χ2v) is 7.16. The van der Waals surface area contributed by atoms with Crippen LogP contribution in [0.1, 0.15) is 25.4 Å². The summed E-state index contributed by atoms with van der Waals surface area (Å²) in [5.74, 6) is 1.69. The Morgan fingerprint density at radius 1 is 0.812 bits per heavy atom. The Kier molecular flexibility index (Phi) is 6.51. The topological polar surface area (TPSA) is 76.8 Å². The van der Waals surface area contributed by atoms with Crippen molar-refractivity contribution in [3.8, 4) is 34.0 Å². The molecule has 0 fully saturated rings. The molecule has 0 bridgehead atoms. The van der Waals surface area contributed by atoms with Crippen LogP contribution in [0.4, 0.5) is 0 Å². The Balaban J connectivity index is 1.80. The predicted molar refractivity (Wildman–Crippen MR) is 129 cm³/mol. The van der Waals surface area contributed by atoms with E-state index in [0.717, 1.165) is 33.7 Å². The van der Waals surface area contributed by atoms with Crippen LogP contribution in [0.15, 0.2) is 78.1 Å². The number of rotatable bonds is 6. The summed E-state index contributed by atoms with van der Waals surface area (Å²) >= 11 is 0. The van der Waals surface area contributed by atoms with Crippen LogP contribution in [0, 0.1) is 6.92 Å². The number of hydrogen-bond acceptors (Lipinski definition) is 6. The highest BCUT2D eigenvalue weighted by Gasteiger charge is 2.13. The lowest BCUT2D eigenvalue weighted by Gasteiger charge is -2.09. The van der Waals surface area contributed by atoms with E-state index >= 15 is 0 Å². The highest BCUT2D eigenvalue weighted by Crippen LogP contribution is 2.24. The fourth-order valence-electron chi connectivity index (χ4n) is 3.12. The van der Waals surface area contributed by atoms with Crippen LogP contribution in [0.5, 0.6) is 0 Å². The molecule has 0 saturated heterocycles. The van der Waals surface area contributed by atoms with Crippen LogP contribution in [0.3, 0.4) is 0 Å². The van der Waals surface area contributed by atoms with Gasteiger partial charge < -0.3 is 0 Å². The molecule has 0 atom stereocenters. The van der Waals surface area contributed by atoms with E-state index in [1.54, 1.807) is 18.6 Å². The molecule has 4 rings (SSSR count). The van der Waals surface area contributed by atoms with Gasteiger partial charge in [-0.3, -0.25) is 15.0 Å². The highest BCUT2D eigenvalue weighted by atomic mass is 15.0. The Labute approximate surface area is 187 Å². The Bertz CT molecular complexity index is 1240. The van der Waals surface area contributed by atoms with Crippen molar-refractivity contribution in [1.29, 1.82) is 0 Å². The molecule has 0 amide bonds. The summed E-state index contributed by atoms with van der Waals surface area (Å²) in [7, 11) is 0. The number of allylic oxidation sites excluding steroid dienone is 2. The molecule has 3 aromatic heterocycles. The second-order valence-electron chi connectivity index (χ2n) is 7.16. The molecule has 0 unspecified atom stereocenters. The van der Waals surface area contributed by atoms with Crippen molar-refractivity contribution in [1.82, 2.24) is 24.9 Å². The normalized spacial score (nSPS) is 11.8. The van der Waals surface area contributed by atoms with E-state index in [2.05, 4.69) is 15.0 Å². The molecule has 6 nitrogen and oxygen atoms in total. The zero-order chi connectivity index (χ0) is 22.3. The predicted octanol–water partition coefficient (Wildman–Crippen LogP) is 5.47. The van der Waals surface area contributed by atoms with Gasteiger partial charge in [-0.05, 0) is 45.0 Å². The number of aryl methyl sites for hydroxylation is 1. The summed E-state index contributed by atoms with van der Waals surface area (Å²) in [4.78, 5) is 27.6. The molecule has 0 aliphatic carbocycles. The number of benzene rings is 1. The number of aromatic nitrogens is 5. The molecule has 0 radical (unpaired) electrons. The van der Waals surface area contributed by atoms with Gasteiger partial charge in [-0.25, -0.2) is 15.0 Å². The maximum Gasteiger partial charge on any atom is 0.165 e. The fourth-order valence-corrected chi connectivity index (χ4v) is 3.12. The summed E-state index contributed by atoms with van der Waals surface area (Å²) < 4.78 is 0. The summed E-state index contributed by atoms with van der Waals surface area (Å²) in [6, 6.07) is 18.0. The van der Waals surface area contributed by atoms with Gasteiger partial charge in [0.1, 0.15) is 0 Å². The van der Waals surface area contributed by atoms with Crippen LogP contribution in [-0.2, 0) is 0 Å². The van der Waals surface area contributed by atoms with Crippen LogP contribution in [0.2, 0.25) is 0 Å². The molecular formula is C26H24N6. The van der Waals surface area contributed by atoms with E-state index in [9.17, 15) is 0 Å². The molecule has 158 valence electrons. The Hall–Kier alpha value is -4.06. The lowest BCUT2D eigenvalue weighted by molar-refractivity contribution is 1.03. The average Bonchev–Trinajstić information content (AvgIpc) is 2.85. The maximum absolute atomic E-state index is 4.73. The van der Waals surface area contributed by atoms with Gasteiger partial charge in [0.25, 0.3) is 0 Å². The molecule has 0 aliphatic rings. The Morgan fingerprint density at radius 2 is 1.50 bits per heavy atom. The van der Waals surface area contributed by atoms with Crippen molar-refractivity contribution in [2.75, 3.05) is 6.54 Å². The van der Waals surface area contributed by atoms with Crippen molar-refractivity contribution in [3.63, 3.8) is 0 Å². The minimum atomic E-state index is 0.557. The van der Waals surface area contributed by atoms with Gasteiger partial charge in [0.05, 0.1) is 5.69 Å². The standard InChI is InChI=1S/C26H24N6/c1-4-19(15-27-5-2)24-30-25(21-12-11-18(3)28-16-21)32-26(31-24)22-13-14-23(29-17-22)20-9-7-6-8-10-20/h4,6-17H,5H2,1-3H3/b19-4+,27-15?. The van der Waals surface area contributed by atoms with Crippen LogP contribution >= 0.6 is 0 Å². The fraction of sp³-hybridized carbons (Fsp3) is 0.154. The zero-order valence-electron chi connectivity index (χ0n) is 18.4. The second kappa shape index (κ2) is 9.83. The van der Waals surface area contributed by atoms with Gasteiger partial charge in [0.15, 0.2) is 17.5 Å². The highest BCUT2D eigenvalue weighted by molar-refractivity contribution is 6.08. The Morgan fingerprint density at radius 3 is 2.06 bits per heavy atom. The average molecular weight is 421 g/mol. The van der Waals surface area contributed by atoms with E-state index in [1.165, 1.54) is 0 Å². The number of hydrogen-bond donors (Lipinski definition) is 0. The minimum absolute atomic E-state index is 0.557. The third kappa shape index (κ3) is 4.81. The molecule has 6 heteroatoms. The van der Waals surface area contributed by atoms with Crippen molar-refractivity contribution in [3.05, 3.63) is 84.6 Å². The SMILES string of the molecule is C/C=C(\C=NCC)c1nc(-c2ccc(C)nc2)nc(-c2ccc(-c3ccccc3)nc2)n1. The van der Waals surface area contributed by atoms with E-state index in [4.69, 9.17) is 15.0 Å². The summed E-state index contributed by atoms with van der Waals surface area (Å²) in [6.45, 7) is 6.58. The number of aliphatic imine (C=N–C) groups is 1. The zero-order valence-corrected chi connectivity index (χ0v) is 18.4. The van der Waals surface area contributed by atoms with E-state index in [1.807, 2.05) is 81.4 Å². The van der Waals surface area contributed by atoms with Gasteiger partial charge in [-0.15, -0.1) is 0 Å². The summed E-state index contributed by atoms with van der Waals surface area (Å²) in [6.07, 6.45) is 7.33. The van der Waals surface area contributed by atoms with Gasteiger partial charge in [0, 0.05) is 53.1 Å². The number of pyridine rings is 2. The van der Waals surface area contributed by atoms with Gasteiger partial charge >= 0.3 is 0 Å². The quantitative estimate of drug-likeness (QED) is 0.387. The first-order chi connectivity index (χ1) is 15.7. The molecule has 0 N–H and O–H groups in total. The van der Waals surface area contributed by atoms with Crippen molar-refractivity contribution >= 4 is 11.8 Å². The van der Waals surface area contributed by atoms with Crippen molar-refractivity contribution < 1.29 is 0 Å². The smallest absolute Gasteiger partial charge is 0.165 e. The molecular weight excluding hydrogens is 396 g/mol. The van der Waals surface area contributed by atoms with Gasteiger partial charge in [-0.1, -0.05) is 36.4 Å². The number of nitrogens with zero attached hydrogens (tertiary/aromatic N) is 6. The van der Waals surface area contributed by atoms with Crippen molar-refractivity contribution in [2.24, 2.45) is 4.99 Å². The molecule has 0 saturated carbocycles. The van der Waals surface area contributed by atoms with E-state index in [0.29, 0.717) is 24.0 Å². The first kappa shape index (κ1) is 21.2. The van der Waals surface area contributed by atoms with Gasteiger partial charge in [-0.2, -0.15) is 0 Å². The maximum atomic E-state index is 4.73. The molecule has 3 heterocycles. The van der Waals surface area contributed by atoms with Crippen LogP contribution in [0.25, 0.3) is 39.6 Å². The molecule has 0 spiro atoms. The molecule has 1 aromatic carbocycles. The third-order valence-corrected chi connectivity index (χ3v) is 4.88. The van der Waals surface area contributed by atoms with E-state index < -0.39 is 0 Å². The first-order valence-electron chi connectivity index (χ1n) is 10.6. The van der Waals surface area contributed by atoms with E-state index in [-0.39, 0.29) is 0 Å². The third-order valence-electron chi connectivity index (χ3n) is 4.88. The molecule has 0 aliphatic heterocycles.